The number of aromatic hydroxyl groups is 1. The molecule has 3 rings (SSSR count). The Morgan fingerprint density at radius 3 is 3.00 bits per heavy atom. The number of aromatic nitrogens is 1. The molecule has 0 aliphatic heterocycles. The van der Waals surface area contributed by atoms with Gasteiger partial charge in [0, 0.05) is 11.8 Å². The van der Waals surface area contributed by atoms with Gasteiger partial charge in [0.05, 0.1) is 6.04 Å². The minimum Gasteiger partial charge on any atom is -0.508 e. The lowest BCUT2D eigenvalue weighted by molar-refractivity contribution is -0.122. The molecule has 0 saturated heterocycles. The van der Waals surface area contributed by atoms with Gasteiger partial charge in [-0.2, -0.15) is 0 Å². The number of phenolic OH excluding ortho intramolecular Hbond substituents is 1. The van der Waals surface area contributed by atoms with Crippen molar-refractivity contribution in [2.24, 2.45) is 0 Å². The quantitative estimate of drug-likeness (QED) is 0.911. The lowest BCUT2D eigenvalue weighted by Gasteiger charge is -2.27. The van der Waals surface area contributed by atoms with Gasteiger partial charge >= 0.3 is 0 Å². The number of carbonyl (C=O) groups is 1. The van der Waals surface area contributed by atoms with Gasteiger partial charge in [0.1, 0.15) is 12.3 Å². The van der Waals surface area contributed by atoms with Gasteiger partial charge in [0.25, 0.3) is 5.56 Å². The summed E-state index contributed by atoms with van der Waals surface area (Å²) in [6.07, 6.45) is 4.20. The molecule has 5 nitrogen and oxygen atoms in total. The zero-order chi connectivity index (χ0) is 16.4. The van der Waals surface area contributed by atoms with Crippen LogP contribution in [0.5, 0.6) is 5.75 Å². The number of phenols is 1. The number of benzene rings is 1. The van der Waals surface area contributed by atoms with Gasteiger partial charge in [0.2, 0.25) is 5.91 Å². The van der Waals surface area contributed by atoms with E-state index in [2.05, 4.69) is 5.32 Å². The molecular weight excluding hydrogens is 292 g/mol. The number of aryl methyl sites for hydroxylation is 1. The minimum absolute atomic E-state index is 0.00512. The van der Waals surface area contributed by atoms with Gasteiger partial charge in [-0.25, -0.2) is 0 Å². The number of nitrogens with zero attached hydrogens (tertiary/aromatic N) is 1. The Morgan fingerprint density at radius 2 is 2.17 bits per heavy atom. The standard InChI is InChI=1S/C18H20N2O3/c1-12-5-4-10-20(18(12)23)11-17(22)19-15-8-2-7-14-13(15)6-3-9-16(14)21/h3-6,9-10,15,21H,2,7-8,11H2,1H3,(H,19,22). The molecular formula is C18H20N2O3. The largest absolute Gasteiger partial charge is 0.508 e. The Bertz CT molecular complexity index is 795. The molecule has 2 N–H and O–H groups in total. The van der Waals surface area contributed by atoms with Crippen LogP contribution < -0.4 is 10.9 Å². The zero-order valence-corrected chi connectivity index (χ0v) is 13.1. The number of pyridine rings is 1. The average Bonchev–Trinajstić information content (AvgIpc) is 2.53. The minimum atomic E-state index is -0.195. The van der Waals surface area contributed by atoms with Crippen molar-refractivity contribution in [1.29, 1.82) is 0 Å². The number of hydrogen-bond donors (Lipinski definition) is 2. The Balaban J connectivity index is 1.76. The molecule has 0 spiro atoms. The number of hydrogen-bond acceptors (Lipinski definition) is 3. The first kappa shape index (κ1) is 15.3. The summed E-state index contributed by atoms with van der Waals surface area (Å²) in [6, 6.07) is 8.80. The molecule has 0 bridgehead atoms. The van der Waals surface area contributed by atoms with E-state index in [-0.39, 0.29) is 29.8 Å². The monoisotopic (exact) mass is 312 g/mol. The fourth-order valence-corrected chi connectivity index (χ4v) is 3.16. The first-order chi connectivity index (χ1) is 11.1. The second kappa shape index (κ2) is 6.28. The van der Waals surface area contributed by atoms with Crippen LogP contribution in [0, 0.1) is 6.92 Å². The second-order valence-corrected chi connectivity index (χ2v) is 5.98. The van der Waals surface area contributed by atoms with Gasteiger partial charge in [-0.3, -0.25) is 9.59 Å². The normalized spacial score (nSPS) is 16.7. The maximum atomic E-state index is 12.3. The summed E-state index contributed by atoms with van der Waals surface area (Å²) in [6.45, 7) is 1.74. The summed E-state index contributed by atoms with van der Waals surface area (Å²) in [4.78, 5) is 24.3. The Kier molecular flexibility index (Phi) is 4.19. The van der Waals surface area contributed by atoms with E-state index in [1.807, 2.05) is 6.07 Å². The molecule has 0 radical (unpaired) electrons. The maximum Gasteiger partial charge on any atom is 0.253 e. The molecule has 1 aliphatic rings. The Morgan fingerprint density at radius 1 is 1.35 bits per heavy atom. The third kappa shape index (κ3) is 3.13. The number of fused-ring (bicyclic) bond motifs is 1. The zero-order valence-electron chi connectivity index (χ0n) is 13.1. The van der Waals surface area contributed by atoms with E-state index in [0.717, 1.165) is 30.4 Å². The predicted octanol–water partition coefficient (Wildman–Crippen LogP) is 2.06. The highest BCUT2D eigenvalue weighted by molar-refractivity contribution is 5.76. The fraction of sp³-hybridized carbons (Fsp3) is 0.333. The SMILES string of the molecule is Cc1cccn(CC(=O)NC2CCCc3c(O)cccc32)c1=O. The van der Waals surface area contributed by atoms with E-state index < -0.39 is 0 Å². The van der Waals surface area contributed by atoms with Crippen LogP contribution in [-0.2, 0) is 17.8 Å². The van der Waals surface area contributed by atoms with Gasteiger partial charge in [0.15, 0.2) is 0 Å². The van der Waals surface area contributed by atoms with Gasteiger partial charge in [-0.1, -0.05) is 18.2 Å². The first-order valence-corrected chi connectivity index (χ1v) is 7.82. The molecule has 1 amide bonds. The topological polar surface area (TPSA) is 71.3 Å². The smallest absolute Gasteiger partial charge is 0.253 e. The summed E-state index contributed by atoms with van der Waals surface area (Å²) in [5.41, 5.74) is 2.36. The summed E-state index contributed by atoms with van der Waals surface area (Å²) in [5, 5.41) is 12.9. The van der Waals surface area contributed by atoms with Crippen molar-refractivity contribution < 1.29 is 9.90 Å². The second-order valence-electron chi connectivity index (χ2n) is 5.98. The molecule has 0 fully saturated rings. The van der Waals surface area contributed by atoms with Crippen molar-refractivity contribution in [3.63, 3.8) is 0 Å². The number of nitrogens with one attached hydrogen (secondary N) is 1. The molecule has 2 aromatic rings. The highest BCUT2D eigenvalue weighted by Crippen LogP contribution is 2.34. The van der Waals surface area contributed by atoms with E-state index >= 15 is 0 Å². The fourth-order valence-electron chi connectivity index (χ4n) is 3.16. The molecule has 1 aliphatic carbocycles. The van der Waals surface area contributed by atoms with Gasteiger partial charge in [-0.15, -0.1) is 0 Å². The molecule has 0 saturated carbocycles. The number of rotatable bonds is 3. The van der Waals surface area contributed by atoms with Crippen LogP contribution in [-0.4, -0.2) is 15.6 Å². The van der Waals surface area contributed by atoms with E-state index in [4.69, 9.17) is 0 Å². The average molecular weight is 312 g/mol. The summed E-state index contributed by atoms with van der Waals surface area (Å²) in [7, 11) is 0. The highest BCUT2D eigenvalue weighted by atomic mass is 16.3. The van der Waals surface area contributed by atoms with Crippen molar-refractivity contribution in [2.75, 3.05) is 0 Å². The van der Waals surface area contributed by atoms with Crippen LogP contribution in [0.15, 0.2) is 41.3 Å². The molecule has 120 valence electrons. The third-order valence-corrected chi connectivity index (χ3v) is 4.34. The molecule has 1 heterocycles. The molecule has 1 unspecified atom stereocenters. The van der Waals surface area contributed by atoms with Crippen LogP contribution in [0.2, 0.25) is 0 Å². The highest BCUT2D eigenvalue weighted by Gasteiger charge is 2.23. The van der Waals surface area contributed by atoms with Crippen molar-refractivity contribution in [3.8, 4) is 5.75 Å². The van der Waals surface area contributed by atoms with Crippen molar-refractivity contribution in [2.45, 2.75) is 38.8 Å². The van der Waals surface area contributed by atoms with Gasteiger partial charge < -0.3 is 15.0 Å². The molecule has 1 atom stereocenters. The first-order valence-electron chi connectivity index (χ1n) is 7.82. The lowest BCUT2D eigenvalue weighted by atomic mass is 9.87. The van der Waals surface area contributed by atoms with E-state index in [9.17, 15) is 14.7 Å². The van der Waals surface area contributed by atoms with Crippen LogP contribution in [0.1, 0.15) is 35.6 Å². The summed E-state index contributed by atoms with van der Waals surface area (Å²) >= 11 is 0. The van der Waals surface area contributed by atoms with E-state index in [0.29, 0.717) is 5.56 Å². The van der Waals surface area contributed by atoms with Crippen LogP contribution in [0.4, 0.5) is 0 Å². The van der Waals surface area contributed by atoms with Crippen molar-refractivity contribution in [3.05, 3.63) is 63.6 Å². The maximum absolute atomic E-state index is 12.3. The van der Waals surface area contributed by atoms with Crippen molar-refractivity contribution in [1.82, 2.24) is 9.88 Å². The summed E-state index contributed by atoms with van der Waals surface area (Å²) < 4.78 is 1.41. The van der Waals surface area contributed by atoms with Crippen LogP contribution in [0.3, 0.4) is 0 Å². The van der Waals surface area contributed by atoms with Crippen LogP contribution in [0.25, 0.3) is 0 Å². The Hall–Kier alpha value is -2.56. The number of carbonyl (C=O) groups excluding carboxylic acids is 1. The third-order valence-electron chi connectivity index (χ3n) is 4.34. The van der Waals surface area contributed by atoms with E-state index in [1.165, 1.54) is 4.57 Å². The summed E-state index contributed by atoms with van der Waals surface area (Å²) in [5.74, 6) is 0.0928. The van der Waals surface area contributed by atoms with E-state index in [1.54, 1.807) is 37.4 Å². The predicted molar refractivity (Wildman–Crippen MR) is 87.4 cm³/mol. The van der Waals surface area contributed by atoms with Crippen LogP contribution >= 0.6 is 0 Å². The Labute approximate surface area is 134 Å². The van der Waals surface area contributed by atoms with Crippen molar-refractivity contribution >= 4 is 5.91 Å². The molecule has 1 aromatic heterocycles. The molecule has 1 aromatic carbocycles. The number of amides is 1. The lowest BCUT2D eigenvalue weighted by Crippen LogP contribution is -2.36. The van der Waals surface area contributed by atoms with Gasteiger partial charge in [-0.05, 0) is 49.4 Å². The molecule has 23 heavy (non-hydrogen) atoms. The molecule has 5 heteroatoms.